The first-order valence-electron chi connectivity index (χ1n) is 9.33. The van der Waals surface area contributed by atoms with Gasteiger partial charge in [-0.3, -0.25) is 4.79 Å². The van der Waals surface area contributed by atoms with Gasteiger partial charge in [0.1, 0.15) is 23.0 Å². The van der Waals surface area contributed by atoms with Crippen LogP contribution < -0.4 is 10.2 Å². The van der Waals surface area contributed by atoms with Gasteiger partial charge in [-0.05, 0) is 29.8 Å². The number of ether oxygens (including phenoxy) is 1. The molecule has 0 amide bonds. The van der Waals surface area contributed by atoms with E-state index in [4.69, 9.17) is 4.74 Å². The molecule has 0 aliphatic carbocycles. The first-order chi connectivity index (χ1) is 15.3. The molecule has 6 nitrogen and oxygen atoms in total. The molecule has 2 aromatic heterocycles. The molecular weight excluding hydrogens is 425 g/mol. The van der Waals surface area contributed by atoms with Gasteiger partial charge >= 0.3 is 5.97 Å². The first kappa shape index (κ1) is 21.1. The number of carboxylic acids is 1. The molecule has 1 N–H and O–H groups in total. The number of hydrogen-bond acceptors (Lipinski definition) is 4. The minimum atomic E-state index is -1.60. The lowest BCUT2D eigenvalue weighted by atomic mass is 10.0. The predicted molar refractivity (Wildman–Crippen MR) is 110 cm³/mol. The van der Waals surface area contributed by atoms with E-state index in [1.54, 1.807) is 18.2 Å². The van der Waals surface area contributed by atoms with Gasteiger partial charge in [-0.25, -0.2) is 22.9 Å². The molecule has 0 aliphatic rings. The topological polar surface area (TPSA) is 81.4 Å². The second kappa shape index (κ2) is 8.18. The van der Waals surface area contributed by atoms with Gasteiger partial charge < -0.3 is 14.4 Å². The molecular formula is C23H15F3N2O4. The fourth-order valence-electron chi connectivity index (χ4n) is 3.44. The molecule has 0 aliphatic heterocycles. The van der Waals surface area contributed by atoms with Crippen LogP contribution in [0, 0.1) is 17.5 Å². The first-order valence-corrected chi connectivity index (χ1v) is 9.33. The Morgan fingerprint density at radius 2 is 1.75 bits per heavy atom. The third-order valence-corrected chi connectivity index (χ3v) is 5.02. The van der Waals surface area contributed by atoms with Crippen LogP contribution in [0.2, 0.25) is 0 Å². The number of hydrogen-bond donors (Lipinski definition) is 1. The van der Waals surface area contributed by atoms with Crippen molar-refractivity contribution in [2.45, 2.75) is 6.54 Å². The number of pyridine rings is 2. The van der Waals surface area contributed by atoms with Crippen molar-refractivity contribution in [1.82, 2.24) is 9.55 Å². The smallest absolute Gasteiger partial charge is 0.341 e. The molecule has 4 rings (SSSR count). The molecule has 2 aromatic carbocycles. The average Bonchev–Trinajstić information content (AvgIpc) is 2.78. The molecule has 32 heavy (non-hydrogen) atoms. The van der Waals surface area contributed by atoms with E-state index in [1.807, 2.05) is 0 Å². The van der Waals surface area contributed by atoms with Crippen molar-refractivity contribution in [3.8, 4) is 17.0 Å². The van der Waals surface area contributed by atoms with Crippen molar-refractivity contribution in [3.63, 3.8) is 0 Å². The molecule has 0 fully saturated rings. The van der Waals surface area contributed by atoms with Gasteiger partial charge in [0.25, 0.3) is 0 Å². The molecule has 2 heterocycles. The summed E-state index contributed by atoms with van der Waals surface area (Å²) >= 11 is 0. The molecule has 9 heteroatoms. The number of methoxy groups -OCH3 is 1. The molecule has 0 radical (unpaired) electrons. The van der Waals surface area contributed by atoms with Crippen LogP contribution in [0.5, 0.6) is 5.88 Å². The Balaban J connectivity index is 1.81. The number of carboxylic acid groups (broad SMARTS) is 1. The van der Waals surface area contributed by atoms with E-state index in [0.29, 0.717) is 17.0 Å². The summed E-state index contributed by atoms with van der Waals surface area (Å²) in [6.07, 6.45) is 2.40. The van der Waals surface area contributed by atoms with Crippen molar-refractivity contribution in [3.05, 3.63) is 93.7 Å². The minimum Gasteiger partial charge on any atom is -0.481 e. The maximum absolute atomic E-state index is 14.9. The summed E-state index contributed by atoms with van der Waals surface area (Å²) < 4.78 is 49.7. The Hall–Kier alpha value is -4.14. The zero-order valence-electron chi connectivity index (χ0n) is 16.6. The average molecular weight is 440 g/mol. The lowest BCUT2D eigenvalue weighted by Gasteiger charge is -2.14. The maximum Gasteiger partial charge on any atom is 0.341 e. The predicted octanol–water partition coefficient (Wildman–Crippen LogP) is 4.24. The van der Waals surface area contributed by atoms with Crippen LogP contribution in [0.3, 0.4) is 0 Å². The third-order valence-electron chi connectivity index (χ3n) is 5.02. The van der Waals surface area contributed by atoms with Gasteiger partial charge in [0, 0.05) is 29.6 Å². The number of rotatable bonds is 5. The number of benzene rings is 2. The Bertz CT molecular complexity index is 1420. The second-order valence-corrected chi connectivity index (χ2v) is 6.95. The summed E-state index contributed by atoms with van der Waals surface area (Å²) in [5, 5.41) is 8.61. The normalized spacial score (nSPS) is 11.0. The summed E-state index contributed by atoms with van der Waals surface area (Å²) in [6, 6.07) is 9.19. The van der Waals surface area contributed by atoms with Crippen LogP contribution in [0.1, 0.15) is 15.9 Å². The summed E-state index contributed by atoms with van der Waals surface area (Å²) in [6.45, 7) is -0.329. The fourth-order valence-corrected chi connectivity index (χ4v) is 3.44. The quantitative estimate of drug-likeness (QED) is 0.502. The highest BCUT2D eigenvalue weighted by molar-refractivity contribution is 5.93. The molecule has 0 spiro atoms. The number of fused-ring (bicyclic) bond motifs is 1. The minimum absolute atomic E-state index is 0.0835. The fraction of sp³-hybridized carbons (Fsp3) is 0.0870. The van der Waals surface area contributed by atoms with Gasteiger partial charge in [-0.15, -0.1) is 0 Å². The van der Waals surface area contributed by atoms with E-state index in [2.05, 4.69) is 4.98 Å². The third kappa shape index (κ3) is 3.68. The molecule has 0 bridgehead atoms. The summed E-state index contributed by atoms with van der Waals surface area (Å²) in [5.74, 6) is -3.85. The monoisotopic (exact) mass is 440 g/mol. The van der Waals surface area contributed by atoms with Crippen molar-refractivity contribution >= 4 is 16.9 Å². The highest BCUT2D eigenvalue weighted by Crippen LogP contribution is 2.25. The second-order valence-electron chi connectivity index (χ2n) is 6.95. The van der Waals surface area contributed by atoms with E-state index >= 15 is 0 Å². The molecule has 4 aromatic rings. The Kier molecular flexibility index (Phi) is 5.40. The van der Waals surface area contributed by atoms with Crippen LogP contribution in [0.15, 0.2) is 59.7 Å². The number of aromatic carboxylic acids is 1. The van der Waals surface area contributed by atoms with Crippen molar-refractivity contribution < 1.29 is 27.8 Å². The van der Waals surface area contributed by atoms with Gasteiger partial charge in [0.2, 0.25) is 11.3 Å². The van der Waals surface area contributed by atoms with E-state index in [-0.39, 0.29) is 12.1 Å². The lowest BCUT2D eigenvalue weighted by Crippen LogP contribution is -2.21. The van der Waals surface area contributed by atoms with Gasteiger partial charge in [-0.1, -0.05) is 12.1 Å². The molecule has 162 valence electrons. The number of halogens is 3. The van der Waals surface area contributed by atoms with Crippen molar-refractivity contribution in [2.75, 3.05) is 7.11 Å². The lowest BCUT2D eigenvalue weighted by molar-refractivity contribution is 0.0695. The summed E-state index contributed by atoms with van der Waals surface area (Å²) in [5.41, 5.74) is -1.10. The number of aromatic nitrogens is 2. The largest absolute Gasteiger partial charge is 0.481 e. The SMILES string of the molecule is COc1ccc(-c2ccc(Cn3cc(C(=O)O)c(=O)c4c(F)ccc(F)c43)c(F)c2)cn1. The van der Waals surface area contributed by atoms with Crippen LogP contribution in [0.25, 0.3) is 22.0 Å². The van der Waals surface area contributed by atoms with E-state index in [0.717, 1.165) is 22.9 Å². The zero-order valence-corrected chi connectivity index (χ0v) is 16.6. The van der Waals surface area contributed by atoms with E-state index in [9.17, 15) is 27.9 Å². The van der Waals surface area contributed by atoms with Gasteiger partial charge in [0.05, 0.1) is 24.6 Å². The highest BCUT2D eigenvalue weighted by Gasteiger charge is 2.20. The van der Waals surface area contributed by atoms with Crippen LogP contribution in [-0.4, -0.2) is 27.7 Å². The highest BCUT2D eigenvalue weighted by atomic mass is 19.1. The van der Waals surface area contributed by atoms with E-state index < -0.39 is 45.3 Å². The number of nitrogens with zero attached hydrogens (tertiary/aromatic N) is 2. The zero-order chi connectivity index (χ0) is 23.0. The maximum atomic E-state index is 14.9. The summed E-state index contributed by atoms with van der Waals surface area (Å²) in [4.78, 5) is 27.9. The standard InChI is InChI=1S/C23H15F3N2O4/c1-32-19-7-4-13(9-27-19)12-2-3-14(18(26)8-12)10-28-11-15(23(30)31)22(29)20-16(24)5-6-17(25)21(20)28/h2-9,11H,10H2,1H3,(H,30,31). The molecule has 0 saturated carbocycles. The van der Waals surface area contributed by atoms with Gasteiger partial charge in [0.15, 0.2) is 0 Å². The molecule has 0 atom stereocenters. The number of carbonyl (C=O) groups is 1. The van der Waals surface area contributed by atoms with Crippen molar-refractivity contribution in [1.29, 1.82) is 0 Å². The van der Waals surface area contributed by atoms with Crippen LogP contribution in [-0.2, 0) is 6.54 Å². The summed E-state index contributed by atoms with van der Waals surface area (Å²) in [7, 11) is 1.47. The van der Waals surface area contributed by atoms with Crippen LogP contribution >= 0.6 is 0 Å². The molecule has 0 unspecified atom stereocenters. The Labute approximate surface area is 179 Å². The van der Waals surface area contributed by atoms with Crippen molar-refractivity contribution in [2.24, 2.45) is 0 Å². The van der Waals surface area contributed by atoms with E-state index in [1.165, 1.54) is 25.4 Å². The molecule has 0 saturated heterocycles. The Morgan fingerprint density at radius 3 is 2.38 bits per heavy atom. The van der Waals surface area contributed by atoms with Crippen LogP contribution in [0.4, 0.5) is 13.2 Å². The Morgan fingerprint density at radius 1 is 1.03 bits per heavy atom. The van der Waals surface area contributed by atoms with Gasteiger partial charge in [-0.2, -0.15) is 0 Å².